The van der Waals surface area contributed by atoms with Crippen LogP contribution in [0.15, 0.2) is 34.2 Å². The minimum atomic E-state index is 0.922. The van der Waals surface area contributed by atoms with Gasteiger partial charge in [-0.25, -0.2) is 4.98 Å². The highest BCUT2D eigenvalue weighted by atomic mass is 79.9. The van der Waals surface area contributed by atoms with Gasteiger partial charge in [-0.3, -0.25) is 0 Å². The van der Waals surface area contributed by atoms with Crippen molar-refractivity contribution in [2.45, 2.75) is 19.9 Å². The van der Waals surface area contributed by atoms with Crippen molar-refractivity contribution >= 4 is 27.3 Å². The summed E-state index contributed by atoms with van der Waals surface area (Å²) in [6.07, 6.45) is 1.06. The van der Waals surface area contributed by atoms with Gasteiger partial charge in [0.15, 0.2) is 0 Å². The van der Waals surface area contributed by atoms with Crippen LogP contribution in [0.1, 0.15) is 16.1 Å². The van der Waals surface area contributed by atoms with Gasteiger partial charge in [-0.15, -0.1) is 11.3 Å². The zero-order valence-corrected chi connectivity index (χ0v) is 12.1. The third-order valence-corrected chi connectivity index (χ3v) is 4.14. The lowest BCUT2D eigenvalue weighted by Gasteiger charge is -2.04. The minimum absolute atomic E-state index is 0.922. The highest BCUT2D eigenvalue weighted by Crippen LogP contribution is 2.12. The predicted octanol–water partition coefficient (Wildman–Crippen LogP) is 3.55. The van der Waals surface area contributed by atoms with Gasteiger partial charge < -0.3 is 5.32 Å². The van der Waals surface area contributed by atoms with E-state index in [-0.39, 0.29) is 0 Å². The highest BCUT2D eigenvalue weighted by Gasteiger charge is 2.00. The van der Waals surface area contributed by atoms with Crippen molar-refractivity contribution in [2.75, 3.05) is 6.54 Å². The number of benzene rings is 1. The van der Waals surface area contributed by atoms with Crippen molar-refractivity contribution in [3.05, 3.63) is 50.4 Å². The van der Waals surface area contributed by atoms with E-state index >= 15 is 0 Å². The summed E-state index contributed by atoms with van der Waals surface area (Å²) < 4.78 is 1.13. The minimum Gasteiger partial charge on any atom is -0.312 e. The Bertz CT molecular complexity index is 465. The van der Waals surface area contributed by atoms with E-state index in [1.165, 1.54) is 16.1 Å². The van der Waals surface area contributed by atoms with Crippen molar-refractivity contribution in [3.8, 4) is 0 Å². The molecule has 0 saturated carbocycles. The number of hydrogen-bond donors (Lipinski definition) is 1. The molecule has 2 rings (SSSR count). The lowest BCUT2D eigenvalue weighted by Crippen LogP contribution is -2.16. The van der Waals surface area contributed by atoms with Gasteiger partial charge >= 0.3 is 0 Å². The summed E-state index contributed by atoms with van der Waals surface area (Å²) >= 11 is 5.18. The average molecular weight is 311 g/mol. The Morgan fingerprint density at radius 1 is 1.29 bits per heavy atom. The Morgan fingerprint density at radius 3 is 2.71 bits per heavy atom. The van der Waals surface area contributed by atoms with Crippen LogP contribution in [0.5, 0.6) is 0 Å². The average Bonchev–Trinajstić information content (AvgIpc) is 2.73. The van der Waals surface area contributed by atoms with E-state index in [1.807, 2.05) is 5.51 Å². The molecule has 2 nitrogen and oxygen atoms in total. The zero-order chi connectivity index (χ0) is 12.1. The van der Waals surface area contributed by atoms with E-state index in [9.17, 15) is 0 Å². The van der Waals surface area contributed by atoms with Gasteiger partial charge in [-0.2, -0.15) is 0 Å². The molecule has 0 amide bonds. The molecule has 0 saturated heterocycles. The van der Waals surface area contributed by atoms with Crippen molar-refractivity contribution in [2.24, 2.45) is 0 Å². The predicted molar refractivity (Wildman–Crippen MR) is 76.4 cm³/mol. The topological polar surface area (TPSA) is 24.9 Å². The lowest BCUT2D eigenvalue weighted by atomic mass is 10.2. The quantitative estimate of drug-likeness (QED) is 0.854. The zero-order valence-electron chi connectivity index (χ0n) is 9.74. The second-order valence-electron chi connectivity index (χ2n) is 3.91. The van der Waals surface area contributed by atoms with E-state index in [0.29, 0.717) is 0 Å². The molecule has 1 aromatic heterocycles. The van der Waals surface area contributed by atoms with Crippen LogP contribution in [0.2, 0.25) is 0 Å². The molecule has 1 heterocycles. The number of hydrogen-bond acceptors (Lipinski definition) is 3. The number of thiazole rings is 1. The van der Waals surface area contributed by atoms with Crippen LogP contribution in [-0.4, -0.2) is 11.5 Å². The smallest absolute Gasteiger partial charge is 0.0797 e. The number of aryl methyl sites for hydroxylation is 1. The molecule has 2 aromatic rings. The van der Waals surface area contributed by atoms with E-state index in [0.717, 1.165) is 24.0 Å². The molecule has 0 radical (unpaired) electrons. The second-order valence-corrected chi connectivity index (χ2v) is 5.77. The Labute approximate surface area is 114 Å². The summed E-state index contributed by atoms with van der Waals surface area (Å²) in [7, 11) is 0. The number of nitrogens with one attached hydrogen (secondary N) is 1. The van der Waals surface area contributed by atoms with Gasteiger partial charge in [-0.1, -0.05) is 28.1 Å². The monoisotopic (exact) mass is 310 g/mol. The van der Waals surface area contributed by atoms with Crippen molar-refractivity contribution in [1.82, 2.24) is 10.3 Å². The fourth-order valence-electron chi connectivity index (χ4n) is 1.60. The first-order chi connectivity index (χ1) is 8.25. The summed E-state index contributed by atoms with van der Waals surface area (Å²) in [6.45, 7) is 3.99. The molecule has 1 aromatic carbocycles. The molecule has 17 heavy (non-hydrogen) atoms. The molecule has 0 aliphatic heterocycles. The molecule has 0 atom stereocenters. The van der Waals surface area contributed by atoms with Crippen molar-refractivity contribution < 1.29 is 0 Å². The molecule has 0 aliphatic carbocycles. The molecule has 0 spiro atoms. The Hall–Kier alpha value is -0.710. The van der Waals surface area contributed by atoms with Crippen LogP contribution >= 0.6 is 27.3 Å². The molecule has 0 bridgehead atoms. The largest absolute Gasteiger partial charge is 0.312 e. The van der Waals surface area contributed by atoms with Crippen LogP contribution in [0, 0.1) is 6.92 Å². The second kappa shape index (κ2) is 6.28. The maximum atomic E-state index is 4.25. The van der Waals surface area contributed by atoms with Crippen LogP contribution < -0.4 is 5.32 Å². The molecular weight excluding hydrogens is 296 g/mol. The number of nitrogens with zero attached hydrogens (tertiary/aromatic N) is 1. The third kappa shape index (κ3) is 3.91. The Balaban J connectivity index is 1.73. The first-order valence-corrected chi connectivity index (χ1v) is 7.27. The summed E-state index contributed by atoms with van der Waals surface area (Å²) in [6, 6.07) is 8.42. The standard InChI is InChI=1S/C13H15BrN2S/c1-10-13(17-9-16-10)6-7-15-8-11-2-4-12(14)5-3-11/h2-5,9,15H,6-8H2,1H3. The Morgan fingerprint density at radius 2 is 2.06 bits per heavy atom. The third-order valence-electron chi connectivity index (χ3n) is 2.62. The molecule has 4 heteroatoms. The fourth-order valence-corrected chi connectivity index (χ4v) is 2.65. The normalized spacial score (nSPS) is 10.7. The van der Waals surface area contributed by atoms with Gasteiger partial charge in [0.1, 0.15) is 0 Å². The number of halogens is 1. The molecule has 1 N–H and O–H groups in total. The summed E-state index contributed by atoms with van der Waals surface area (Å²) in [5.74, 6) is 0. The first-order valence-electron chi connectivity index (χ1n) is 5.60. The highest BCUT2D eigenvalue weighted by molar-refractivity contribution is 9.10. The van der Waals surface area contributed by atoms with Gasteiger partial charge in [0, 0.05) is 22.4 Å². The maximum Gasteiger partial charge on any atom is 0.0797 e. The van der Waals surface area contributed by atoms with Crippen molar-refractivity contribution in [1.29, 1.82) is 0 Å². The number of aromatic nitrogens is 1. The van der Waals surface area contributed by atoms with E-state index in [1.54, 1.807) is 11.3 Å². The van der Waals surface area contributed by atoms with Gasteiger partial charge in [-0.05, 0) is 31.0 Å². The van der Waals surface area contributed by atoms with Gasteiger partial charge in [0.2, 0.25) is 0 Å². The summed E-state index contributed by atoms with van der Waals surface area (Å²) in [5, 5.41) is 3.45. The summed E-state index contributed by atoms with van der Waals surface area (Å²) in [4.78, 5) is 5.63. The van der Waals surface area contributed by atoms with Crippen LogP contribution in [0.4, 0.5) is 0 Å². The van der Waals surface area contributed by atoms with Crippen molar-refractivity contribution in [3.63, 3.8) is 0 Å². The molecule has 0 unspecified atom stereocenters. The maximum absolute atomic E-state index is 4.25. The summed E-state index contributed by atoms with van der Waals surface area (Å²) in [5.41, 5.74) is 4.40. The lowest BCUT2D eigenvalue weighted by molar-refractivity contribution is 0.689. The van der Waals surface area contributed by atoms with E-state index < -0.39 is 0 Å². The number of rotatable bonds is 5. The molecule has 90 valence electrons. The van der Waals surface area contributed by atoms with Gasteiger partial charge in [0.05, 0.1) is 11.2 Å². The Kier molecular flexibility index (Phi) is 4.71. The first kappa shape index (κ1) is 12.7. The van der Waals surface area contributed by atoms with Crippen LogP contribution in [-0.2, 0) is 13.0 Å². The molecule has 0 fully saturated rings. The van der Waals surface area contributed by atoms with Gasteiger partial charge in [0.25, 0.3) is 0 Å². The SMILES string of the molecule is Cc1ncsc1CCNCc1ccc(Br)cc1. The molecular formula is C13H15BrN2S. The molecule has 0 aliphatic rings. The van der Waals surface area contributed by atoms with Crippen LogP contribution in [0.25, 0.3) is 0 Å². The van der Waals surface area contributed by atoms with Crippen LogP contribution in [0.3, 0.4) is 0 Å². The fraction of sp³-hybridized carbons (Fsp3) is 0.308. The van der Waals surface area contributed by atoms with E-state index in [2.05, 4.69) is 57.4 Å². The van der Waals surface area contributed by atoms with E-state index in [4.69, 9.17) is 0 Å².